The molecule has 120 valence electrons. The van der Waals surface area contributed by atoms with E-state index in [2.05, 4.69) is 20.8 Å². The van der Waals surface area contributed by atoms with Crippen LogP contribution in [0.1, 0.15) is 10.6 Å². The molecule has 24 heavy (non-hydrogen) atoms. The number of amides is 2. The van der Waals surface area contributed by atoms with Crippen LogP contribution in [0.25, 0.3) is 12.2 Å². The normalized spacial score (nSPS) is 10.7. The molecule has 7 heteroatoms. The van der Waals surface area contributed by atoms with Gasteiger partial charge in [-0.15, -0.1) is 10.2 Å². The maximum atomic E-state index is 11.9. The molecule has 5 nitrogen and oxygen atoms in total. The molecule has 0 bridgehead atoms. The van der Waals surface area contributed by atoms with E-state index in [-0.39, 0.29) is 0 Å². The zero-order valence-corrected chi connectivity index (χ0v) is 14.0. The van der Waals surface area contributed by atoms with Gasteiger partial charge in [-0.1, -0.05) is 65.4 Å². The third-order valence-corrected chi connectivity index (χ3v) is 4.00. The number of rotatable bonds is 4. The van der Waals surface area contributed by atoms with Gasteiger partial charge in [0.2, 0.25) is 5.13 Å². The summed E-state index contributed by atoms with van der Waals surface area (Å²) in [7, 11) is 0. The van der Waals surface area contributed by atoms with Crippen molar-refractivity contribution in [2.45, 2.75) is 0 Å². The topological polar surface area (TPSA) is 66.9 Å². The van der Waals surface area contributed by atoms with Gasteiger partial charge in [0.15, 0.2) is 0 Å². The van der Waals surface area contributed by atoms with Crippen molar-refractivity contribution in [3.8, 4) is 0 Å². The minimum absolute atomic E-state index is 0.396. The fourth-order valence-electron chi connectivity index (χ4n) is 1.91. The number of nitrogens with zero attached hydrogens (tertiary/aromatic N) is 2. The summed E-state index contributed by atoms with van der Waals surface area (Å²) in [5.41, 5.74) is 1.68. The molecule has 0 atom stereocenters. The summed E-state index contributed by atoms with van der Waals surface area (Å²) in [6, 6.07) is 16.4. The van der Waals surface area contributed by atoms with E-state index in [4.69, 9.17) is 11.6 Å². The van der Waals surface area contributed by atoms with E-state index in [9.17, 15) is 4.79 Å². The predicted molar refractivity (Wildman–Crippen MR) is 99.4 cm³/mol. The van der Waals surface area contributed by atoms with Gasteiger partial charge in [0.05, 0.1) is 0 Å². The Labute approximate surface area is 148 Å². The van der Waals surface area contributed by atoms with Crippen molar-refractivity contribution >= 4 is 51.9 Å². The SMILES string of the molecule is O=C(Nc1cccc(Cl)c1)Nc1nnc(/C=C/c2ccccc2)s1. The Morgan fingerprint density at radius 2 is 1.83 bits per heavy atom. The Balaban J connectivity index is 1.59. The van der Waals surface area contributed by atoms with Crippen LogP contribution in [0.4, 0.5) is 15.6 Å². The van der Waals surface area contributed by atoms with Gasteiger partial charge in [-0.05, 0) is 29.8 Å². The Morgan fingerprint density at radius 1 is 1.00 bits per heavy atom. The molecular formula is C17H13ClN4OS. The number of nitrogens with one attached hydrogen (secondary N) is 2. The Bertz CT molecular complexity index is 864. The number of anilines is 2. The number of benzene rings is 2. The van der Waals surface area contributed by atoms with Crippen LogP contribution in [0.2, 0.25) is 5.02 Å². The van der Waals surface area contributed by atoms with E-state index in [0.29, 0.717) is 20.8 Å². The third kappa shape index (κ3) is 4.65. The number of urea groups is 1. The first kappa shape index (κ1) is 16.2. The lowest BCUT2D eigenvalue weighted by molar-refractivity contribution is 0.262. The fraction of sp³-hybridized carbons (Fsp3) is 0. The van der Waals surface area contributed by atoms with Gasteiger partial charge < -0.3 is 5.32 Å². The average Bonchev–Trinajstić information content (AvgIpc) is 3.01. The van der Waals surface area contributed by atoms with Crippen LogP contribution in [0.5, 0.6) is 0 Å². The summed E-state index contributed by atoms with van der Waals surface area (Å²) in [4.78, 5) is 11.9. The minimum Gasteiger partial charge on any atom is -0.308 e. The maximum absolute atomic E-state index is 11.9. The minimum atomic E-state index is -0.396. The van der Waals surface area contributed by atoms with Crippen LogP contribution in [0, 0.1) is 0 Å². The molecule has 2 aromatic carbocycles. The lowest BCUT2D eigenvalue weighted by Crippen LogP contribution is -2.19. The van der Waals surface area contributed by atoms with Crippen molar-refractivity contribution in [1.82, 2.24) is 10.2 Å². The highest BCUT2D eigenvalue weighted by molar-refractivity contribution is 7.16. The van der Waals surface area contributed by atoms with Crippen molar-refractivity contribution in [2.24, 2.45) is 0 Å². The van der Waals surface area contributed by atoms with Crippen molar-refractivity contribution in [2.75, 3.05) is 10.6 Å². The summed E-state index contributed by atoms with van der Waals surface area (Å²) < 4.78 is 0. The van der Waals surface area contributed by atoms with Crippen LogP contribution in [-0.2, 0) is 0 Å². The first-order chi connectivity index (χ1) is 11.7. The largest absolute Gasteiger partial charge is 0.325 e. The molecule has 0 fully saturated rings. The van der Waals surface area contributed by atoms with Crippen LogP contribution < -0.4 is 10.6 Å². The second kappa shape index (κ2) is 7.72. The van der Waals surface area contributed by atoms with Crippen LogP contribution in [0.15, 0.2) is 54.6 Å². The fourth-order valence-corrected chi connectivity index (χ4v) is 2.74. The number of hydrogen-bond donors (Lipinski definition) is 2. The van der Waals surface area contributed by atoms with Crippen LogP contribution >= 0.6 is 22.9 Å². The van der Waals surface area contributed by atoms with Crippen molar-refractivity contribution in [1.29, 1.82) is 0 Å². The third-order valence-electron chi connectivity index (χ3n) is 2.96. The Kier molecular flexibility index (Phi) is 5.20. The number of carbonyl (C=O) groups is 1. The van der Waals surface area contributed by atoms with Crippen molar-refractivity contribution in [3.05, 3.63) is 70.2 Å². The number of aromatic nitrogens is 2. The quantitative estimate of drug-likeness (QED) is 0.690. The Hall–Kier alpha value is -2.70. The molecule has 1 aromatic heterocycles. The van der Waals surface area contributed by atoms with E-state index in [1.807, 2.05) is 42.5 Å². The van der Waals surface area contributed by atoms with Crippen LogP contribution in [0.3, 0.4) is 0 Å². The predicted octanol–water partition coefficient (Wildman–Crippen LogP) is 5.01. The zero-order valence-electron chi connectivity index (χ0n) is 12.4. The lowest BCUT2D eigenvalue weighted by Gasteiger charge is -2.04. The number of halogens is 1. The van der Waals surface area contributed by atoms with E-state index >= 15 is 0 Å². The van der Waals surface area contributed by atoms with Gasteiger partial charge in [-0.2, -0.15) is 0 Å². The molecule has 1 heterocycles. The molecule has 0 spiro atoms. The molecular weight excluding hydrogens is 344 g/mol. The van der Waals surface area contributed by atoms with Gasteiger partial charge in [0.1, 0.15) is 5.01 Å². The number of hydrogen-bond acceptors (Lipinski definition) is 4. The van der Waals surface area contributed by atoms with E-state index in [0.717, 1.165) is 5.56 Å². The monoisotopic (exact) mass is 356 g/mol. The van der Waals surface area contributed by atoms with Crippen molar-refractivity contribution < 1.29 is 4.79 Å². The summed E-state index contributed by atoms with van der Waals surface area (Å²) >= 11 is 7.16. The van der Waals surface area contributed by atoms with Crippen LogP contribution in [-0.4, -0.2) is 16.2 Å². The van der Waals surface area contributed by atoms with Gasteiger partial charge in [-0.25, -0.2) is 4.79 Å². The highest BCUT2D eigenvalue weighted by atomic mass is 35.5. The first-order valence-corrected chi connectivity index (χ1v) is 8.29. The molecule has 2 amide bonds. The highest BCUT2D eigenvalue weighted by Crippen LogP contribution is 2.19. The standard InChI is InChI=1S/C17H13ClN4OS/c18-13-7-4-8-14(11-13)19-16(23)20-17-22-21-15(24-17)10-9-12-5-2-1-3-6-12/h1-11H,(H2,19,20,22,23)/b10-9+. The molecule has 0 saturated carbocycles. The van der Waals surface area contributed by atoms with Gasteiger partial charge in [-0.3, -0.25) is 5.32 Å². The summed E-state index contributed by atoms with van der Waals surface area (Å²) in [6.07, 6.45) is 3.80. The molecule has 0 aliphatic heterocycles. The summed E-state index contributed by atoms with van der Waals surface area (Å²) in [5, 5.41) is 15.0. The highest BCUT2D eigenvalue weighted by Gasteiger charge is 2.07. The smallest absolute Gasteiger partial charge is 0.308 e. The second-order valence-electron chi connectivity index (χ2n) is 4.78. The van der Waals surface area contributed by atoms with E-state index < -0.39 is 6.03 Å². The van der Waals surface area contributed by atoms with Gasteiger partial charge in [0, 0.05) is 10.7 Å². The number of carbonyl (C=O) groups excluding carboxylic acids is 1. The lowest BCUT2D eigenvalue weighted by atomic mass is 10.2. The molecule has 3 rings (SSSR count). The van der Waals surface area contributed by atoms with Gasteiger partial charge in [0.25, 0.3) is 0 Å². The Morgan fingerprint density at radius 3 is 2.62 bits per heavy atom. The molecule has 0 aliphatic carbocycles. The van der Waals surface area contributed by atoms with Crippen molar-refractivity contribution in [3.63, 3.8) is 0 Å². The first-order valence-electron chi connectivity index (χ1n) is 7.09. The van der Waals surface area contributed by atoms with E-state index in [1.54, 1.807) is 24.3 Å². The molecule has 0 aliphatic rings. The maximum Gasteiger partial charge on any atom is 0.325 e. The van der Waals surface area contributed by atoms with E-state index in [1.165, 1.54) is 11.3 Å². The zero-order chi connectivity index (χ0) is 16.8. The summed E-state index contributed by atoms with van der Waals surface area (Å²) in [5.74, 6) is 0. The summed E-state index contributed by atoms with van der Waals surface area (Å²) in [6.45, 7) is 0. The molecule has 0 unspecified atom stereocenters. The average molecular weight is 357 g/mol. The molecule has 3 aromatic rings. The van der Waals surface area contributed by atoms with Gasteiger partial charge >= 0.3 is 6.03 Å². The molecule has 2 N–H and O–H groups in total. The molecule has 0 saturated heterocycles. The molecule has 0 radical (unpaired) electrons. The second-order valence-corrected chi connectivity index (χ2v) is 6.22.